The SMILES string of the molecule is CC1Cc2ccccc2N(c2cc(C(C)O)ccn2)C1. The number of nitrogens with zero attached hydrogens (tertiary/aromatic N) is 2. The standard InChI is InChI=1S/C17H20N2O/c1-12-9-15-5-3-4-6-16(15)19(11-12)17-10-14(13(2)20)7-8-18-17/h3-8,10,12-13,20H,9,11H2,1-2H3. The zero-order valence-electron chi connectivity index (χ0n) is 12.0. The molecule has 1 N–H and O–H groups in total. The molecule has 2 atom stereocenters. The molecule has 3 rings (SSSR count). The van der Waals surface area contributed by atoms with E-state index in [1.54, 1.807) is 13.1 Å². The third kappa shape index (κ3) is 2.41. The van der Waals surface area contributed by atoms with Crippen molar-refractivity contribution in [3.05, 3.63) is 53.7 Å². The van der Waals surface area contributed by atoms with Gasteiger partial charge in [-0.15, -0.1) is 0 Å². The van der Waals surface area contributed by atoms with Crippen molar-refractivity contribution < 1.29 is 5.11 Å². The van der Waals surface area contributed by atoms with Crippen molar-refractivity contribution in [2.75, 3.05) is 11.4 Å². The average molecular weight is 268 g/mol. The zero-order valence-corrected chi connectivity index (χ0v) is 12.0. The maximum absolute atomic E-state index is 9.75. The minimum Gasteiger partial charge on any atom is -0.389 e. The highest BCUT2D eigenvalue weighted by Crippen LogP contribution is 2.34. The van der Waals surface area contributed by atoms with Gasteiger partial charge in [-0.3, -0.25) is 0 Å². The Morgan fingerprint density at radius 2 is 2.10 bits per heavy atom. The van der Waals surface area contributed by atoms with E-state index < -0.39 is 6.10 Å². The van der Waals surface area contributed by atoms with Gasteiger partial charge in [-0.05, 0) is 48.6 Å². The summed E-state index contributed by atoms with van der Waals surface area (Å²) in [5.41, 5.74) is 3.52. The predicted molar refractivity (Wildman–Crippen MR) is 81.2 cm³/mol. The average Bonchev–Trinajstić information content (AvgIpc) is 2.46. The molecule has 0 saturated carbocycles. The molecular weight excluding hydrogens is 248 g/mol. The summed E-state index contributed by atoms with van der Waals surface area (Å²) in [4.78, 5) is 6.75. The number of hydrogen-bond acceptors (Lipinski definition) is 3. The van der Waals surface area contributed by atoms with Gasteiger partial charge in [0.15, 0.2) is 0 Å². The van der Waals surface area contributed by atoms with Gasteiger partial charge in [0.2, 0.25) is 0 Å². The minimum atomic E-state index is -0.464. The van der Waals surface area contributed by atoms with E-state index in [2.05, 4.69) is 41.1 Å². The smallest absolute Gasteiger partial charge is 0.133 e. The van der Waals surface area contributed by atoms with E-state index in [1.165, 1.54) is 11.3 Å². The summed E-state index contributed by atoms with van der Waals surface area (Å²) >= 11 is 0. The van der Waals surface area contributed by atoms with Gasteiger partial charge in [0.05, 0.1) is 6.10 Å². The van der Waals surface area contributed by atoms with Crippen LogP contribution in [-0.2, 0) is 6.42 Å². The second-order valence-electron chi connectivity index (χ2n) is 5.67. The topological polar surface area (TPSA) is 36.4 Å². The molecule has 1 aromatic carbocycles. The molecule has 2 heterocycles. The van der Waals surface area contributed by atoms with Gasteiger partial charge in [0.1, 0.15) is 5.82 Å². The van der Waals surface area contributed by atoms with Crippen molar-refractivity contribution >= 4 is 11.5 Å². The van der Waals surface area contributed by atoms with Crippen molar-refractivity contribution in [3.8, 4) is 0 Å². The molecule has 20 heavy (non-hydrogen) atoms. The van der Waals surface area contributed by atoms with E-state index in [0.29, 0.717) is 5.92 Å². The molecule has 0 aliphatic carbocycles. The Bertz CT molecular complexity index is 609. The van der Waals surface area contributed by atoms with Crippen LogP contribution in [0.3, 0.4) is 0 Å². The molecule has 1 aliphatic rings. The Kier molecular flexibility index (Phi) is 3.45. The molecule has 2 unspecified atom stereocenters. The van der Waals surface area contributed by atoms with Crippen LogP contribution in [0.15, 0.2) is 42.6 Å². The normalized spacial score (nSPS) is 19.6. The van der Waals surface area contributed by atoms with Crippen LogP contribution in [0, 0.1) is 5.92 Å². The molecule has 104 valence electrons. The van der Waals surface area contributed by atoms with Gasteiger partial charge >= 0.3 is 0 Å². The molecule has 3 heteroatoms. The number of anilines is 2. The lowest BCUT2D eigenvalue weighted by Crippen LogP contribution is -2.31. The fourth-order valence-corrected chi connectivity index (χ4v) is 2.86. The lowest BCUT2D eigenvalue weighted by Gasteiger charge is -2.34. The van der Waals surface area contributed by atoms with Crippen molar-refractivity contribution in [1.82, 2.24) is 4.98 Å². The van der Waals surface area contributed by atoms with E-state index in [-0.39, 0.29) is 0 Å². The molecule has 1 aliphatic heterocycles. The molecule has 0 spiro atoms. The summed E-state index contributed by atoms with van der Waals surface area (Å²) in [6.07, 6.45) is 2.43. The third-order valence-electron chi connectivity index (χ3n) is 3.87. The third-order valence-corrected chi connectivity index (χ3v) is 3.87. The Hall–Kier alpha value is -1.87. The van der Waals surface area contributed by atoms with Crippen molar-refractivity contribution in [1.29, 1.82) is 0 Å². The number of aliphatic hydroxyl groups is 1. The Balaban J connectivity index is 2.04. The van der Waals surface area contributed by atoms with Crippen LogP contribution in [0.2, 0.25) is 0 Å². The Labute approximate surface area is 119 Å². The van der Waals surface area contributed by atoms with E-state index in [1.807, 2.05) is 12.1 Å². The predicted octanol–water partition coefficient (Wildman–Crippen LogP) is 3.47. The lowest BCUT2D eigenvalue weighted by atomic mass is 9.94. The van der Waals surface area contributed by atoms with Gasteiger partial charge < -0.3 is 10.0 Å². The highest BCUT2D eigenvalue weighted by Gasteiger charge is 2.23. The van der Waals surface area contributed by atoms with Gasteiger partial charge in [-0.25, -0.2) is 4.98 Å². The molecule has 0 radical (unpaired) electrons. The molecule has 2 aromatic rings. The van der Waals surface area contributed by atoms with Crippen molar-refractivity contribution in [2.45, 2.75) is 26.4 Å². The first-order valence-corrected chi connectivity index (χ1v) is 7.14. The van der Waals surface area contributed by atoms with Crippen LogP contribution in [0.5, 0.6) is 0 Å². The minimum absolute atomic E-state index is 0.464. The summed E-state index contributed by atoms with van der Waals surface area (Å²) in [7, 11) is 0. The molecule has 0 bridgehead atoms. The van der Waals surface area contributed by atoms with Crippen LogP contribution in [0.4, 0.5) is 11.5 Å². The molecule has 3 nitrogen and oxygen atoms in total. The quantitative estimate of drug-likeness (QED) is 0.906. The maximum atomic E-state index is 9.75. The van der Waals surface area contributed by atoms with Crippen LogP contribution in [0.25, 0.3) is 0 Å². The number of aromatic nitrogens is 1. The number of fused-ring (bicyclic) bond motifs is 1. The Morgan fingerprint density at radius 1 is 1.30 bits per heavy atom. The largest absolute Gasteiger partial charge is 0.389 e. The molecular formula is C17H20N2O. The maximum Gasteiger partial charge on any atom is 0.133 e. The van der Waals surface area contributed by atoms with E-state index in [9.17, 15) is 5.11 Å². The number of para-hydroxylation sites is 1. The van der Waals surface area contributed by atoms with E-state index in [0.717, 1.165) is 24.3 Å². The summed E-state index contributed by atoms with van der Waals surface area (Å²) in [6.45, 7) is 5.01. The van der Waals surface area contributed by atoms with Gasteiger partial charge in [0.25, 0.3) is 0 Å². The first-order chi connectivity index (χ1) is 9.65. The number of benzene rings is 1. The Morgan fingerprint density at radius 3 is 2.90 bits per heavy atom. The second-order valence-corrected chi connectivity index (χ2v) is 5.67. The summed E-state index contributed by atoms with van der Waals surface area (Å²) in [5, 5.41) is 9.75. The molecule has 0 fully saturated rings. The molecule has 1 aromatic heterocycles. The van der Waals surface area contributed by atoms with Crippen LogP contribution < -0.4 is 4.90 Å². The number of hydrogen-bond donors (Lipinski definition) is 1. The van der Waals surface area contributed by atoms with Crippen molar-refractivity contribution in [3.63, 3.8) is 0 Å². The van der Waals surface area contributed by atoms with Crippen molar-refractivity contribution in [2.24, 2.45) is 5.92 Å². The molecule has 0 saturated heterocycles. The number of aliphatic hydroxyl groups excluding tert-OH is 1. The van der Waals surface area contributed by atoms with E-state index in [4.69, 9.17) is 0 Å². The number of pyridine rings is 1. The van der Waals surface area contributed by atoms with Crippen LogP contribution in [0.1, 0.15) is 31.1 Å². The fraction of sp³-hybridized carbons (Fsp3) is 0.353. The van der Waals surface area contributed by atoms with Crippen LogP contribution >= 0.6 is 0 Å². The first kappa shape index (κ1) is 13.1. The molecule has 0 amide bonds. The lowest BCUT2D eigenvalue weighted by molar-refractivity contribution is 0.199. The highest BCUT2D eigenvalue weighted by molar-refractivity contribution is 5.65. The highest BCUT2D eigenvalue weighted by atomic mass is 16.3. The first-order valence-electron chi connectivity index (χ1n) is 7.14. The monoisotopic (exact) mass is 268 g/mol. The zero-order chi connectivity index (χ0) is 14.1. The fourth-order valence-electron chi connectivity index (χ4n) is 2.86. The van der Waals surface area contributed by atoms with Gasteiger partial charge in [-0.1, -0.05) is 25.1 Å². The van der Waals surface area contributed by atoms with Crippen LogP contribution in [-0.4, -0.2) is 16.6 Å². The second kappa shape index (κ2) is 5.25. The van der Waals surface area contributed by atoms with Gasteiger partial charge in [-0.2, -0.15) is 0 Å². The van der Waals surface area contributed by atoms with E-state index >= 15 is 0 Å². The number of rotatable bonds is 2. The summed E-state index contributed by atoms with van der Waals surface area (Å²) in [6, 6.07) is 12.4. The summed E-state index contributed by atoms with van der Waals surface area (Å²) in [5.74, 6) is 1.52. The van der Waals surface area contributed by atoms with Gasteiger partial charge in [0, 0.05) is 18.4 Å². The summed E-state index contributed by atoms with van der Waals surface area (Å²) < 4.78 is 0.